The Bertz CT molecular complexity index is 177. The van der Waals surface area contributed by atoms with E-state index in [1.54, 1.807) is 0 Å². The van der Waals surface area contributed by atoms with Crippen molar-refractivity contribution in [2.24, 2.45) is 5.41 Å². The summed E-state index contributed by atoms with van der Waals surface area (Å²) in [6.07, 6.45) is 1.49. The van der Waals surface area contributed by atoms with Crippen LogP contribution in [0.2, 0.25) is 0 Å². The Morgan fingerprint density at radius 1 is 1.25 bits per heavy atom. The maximum atomic E-state index is 9.06. The van der Waals surface area contributed by atoms with Crippen molar-refractivity contribution in [3.8, 4) is 0 Å². The maximum Gasteiger partial charge on any atom is 0.304 e. The van der Waals surface area contributed by atoms with E-state index in [1.165, 1.54) is 6.08 Å². The third-order valence-electron chi connectivity index (χ3n) is 2.32. The number of rotatable bonds is 2. The molecular formula is C8H12O4. The van der Waals surface area contributed by atoms with E-state index in [2.05, 4.69) is 6.58 Å². The van der Waals surface area contributed by atoms with Crippen LogP contribution in [0.5, 0.6) is 0 Å². The fraction of sp³-hybridized carbons (Fsp3) is 0.750. The Hall–Kier alpha value is -0.420. The fourth-order valence-electron chi connectivity index (χ4n) is 1.32. The Labute approximate surface area is 70.7 Å². The van der Waals surface area contributed by atoms with Gasteiger partial charge in [0.05, 0.1) is 31.8 Å². The number of ether oxygens (including phenoxy) is 3. The van der Waals surface area contributed by atoms with Gasteiger partial charge in [-0.15, -0.1) is 0 Å². The molecule has 3 aliphatic rings. The van der Waals surface area contributed by atoms with Crippen molar-refractivity contribution in [3.05, 3.63) is 12.7 Å². The molecule has 3 rings (SSSR count). The lowest BCUT2D eigenvalue weighted by molar-refractivity contribution is -0.446. The van der Waals surface area contributed by atoms with E-state index < -0.39 is 5.97 Å². The van der Waals surface area contributed by atoms with E-state index in [-0.39, 0.29) is 12.0 Å². The van der Waals surface area contributed by atoms with Crippen molar-refractivity contribution in [2.75, 3.05) is 26.4 Å². The minimum atomic E-state index is -1.04. The second-order valence-electron chi connectivity index (χ2n) is 3.33. The van der Waals surface area contributed by atoms with Gasteiger partial charge < -0.3 is 19.3 Å². The molecule has 2 bridgehead atoms. The van der Waals surface area contributed by atoms with Crippen molar-refractivity contribution in [2.45, 2.75) is 5.97 Å². The van der Waals surface area contributed by atoms with Gasteiger partial charge in [0.15, 0.2) is 0 Å². The third kappa shape index (κ3) is 0.998. The molecule has 12 heavy (non-hydrogen) atoms. The molecule has 1 N–H and O–H groups in total. The highest BCUT2D eigenvalue weighted by atomic mass is 16.9. The quantitative estimate of drug-likeness (QED) is 0.590. The molecule has 0 aliphatic carbocycles. The van der Waals surface area contributed by atoms with Gasteiger partial charge in [0, 0.05) is 0 Å². The van der Waals surface area contributed by atoms with E-state index in [4.69, 9.17) is 19.3 Å². The molecule has 0 aromatic carbocycles. The maximum absolute atomic E-state index is 9.06. The van der Waals surface area contributed by atoms with Crippen molar-refractivity contribution < 1.29 is 19.3 Å². The predicted octanol–water partition coefficient (Wildman–Crippen LogP) is -0.118. The van der Waals surface area contributed by atoms with Crippen LogP contribution in [0.3, 0.4) is 0 Å². The molecule has 3 saturated heterocycles. The molecule has 0 radical (unpaired) electrons. The van der Waals surface area contributed by atoms with Gasteiger partial charge in [-0.3, -0.25) is 0 Å². The van der Waals surface area contributed by atoms with Crippen LogP contribution in [0.15, 0.2) is 12.7 Å². The summed E-state index contributed by atoms with van der Waals surface area (Å²) in [6.45, 7) is 4.99. The highest BCUT2D eigenvalue weighted by Crippen LogP contribution is 2.38. The lowest BCUT2D eigenvalue weighted by Crippen LogP contribution is -2.60. The first-order valence-corrected chi connectivity index (χ1v) is 3.91. The van der Waals surface area contributed by atoms with Gasteiger partial charge in [0.1, 0.15) is 0 Å². The van der Waals surface area contributed by atoms with Crippen molar-refractivity contribution in [3.63, 3.8) is 0 Å². The average molecular weight is 172 g/mol. The molecule has 4 nitrogen and oxygen atoms in total. The van der Waals surface area contributed by atoms with Gasteiger partial charge in [-0.1, -0.05) is 6.58 Å². The number of hydrogen-bond donors (Lipinski definition) is 1. The monoisotopic (exact) mass is 172 g/mol. The van der Waals surface area contributed by atoms with Gasteiger partial charge in [-0.25, -0.2) is 0 Å². The van der Waals surface area contributed by atoms with E-state index >= 15 is 0 Å². The fourth-order valence-corrected chi connectivity index (χ4v) is 1.32. The van der Waals surface area contributed by atoms with Crippen LogP contribution in [0.4, 0.5) is 0 Å². The summed E-state index contributed by atoms with van der Waals surface area (Å²) < 4.78 is 15.9. The van der Waals surface area contributed by atoms with Gasteiger partial charge in [-0.05, 0) is 6.08 Å². The molecule has 0 aromatic heterocycles. The molecule has 68 valence electrons. The zero-order valence-corrected chi connectivity index (χ0v) is 6.78. The van der Waals surface area contributed by atoms with Crippen LogP contribution in [-0.2, 0) is 14.2 Å². The summed E-state index contributed by atoms with van der Waals surface area (Å²) in [5.74, 6) is -1.04. The summed E-state index contributed by atoms with van der Waals surface area (Å²) in [7, 11) is 0. The summed E-state index contributed by atoms with van der Waals surface area (Å²) in [4.78, 5) is 0. The normalized spacial score (nSPS) is 46.1. The molecule has 0 saturated carbocycles. The smallest absolute Gasteiger partial charge is 0.304 e. The first-order chi connectivity index (χ1) is 5.74. The molecule has 0 atom stereocenters. The average Bonchev–Trinajstić information content (AvgIpc) is 2.21. The van der Waals surface area contributed by atoms with Crippen LogP contribution in [0.1, 0.15) is 0 Å². The van der Waals surface area contributed by atoms with Crippen LogP contribution >= 0.6 is 0 Å². The largest absolute Gasteiger partial charge is 0.396 e. The van der Waals surface area contributed by atoms with E-state index in [0.29, 0.717) is 19.8 Å². The van der Waals surface area contributed by atoms with Crippen molar-refractivity contribution >= 4 is 0 Å². The van der Waals surface area contributed by atoms with Crippen LogP contribution in [0, 0.1) is 5.41 Å². The standard InChI is InChI=1S/C8H12O4/c1-2-8-10-4-7(3-9,5-11-8)6-12-8/h2,9H,1,3-6H2. The van der Waals surface area contributed by atoms with Gasteiger partial charge in [-0.2, -0.15) is 0 Å². The second kappa shape index (κ2) is 2.53. The van der Waals surface area contributed by atoms with Crippen LogP contribution < -0.4 is 0 Å². The number of fused-ring (bicyclic) bond motifs is 3. The van der Waals surface area contributed by atoms with Crippen molar-refractivity contribution in [1.29, 1.82) is 0 Å². The highest BCUT2D eigenvalue weighted by molar-refractivity contribution is 4.94. The van der Waals surface area contributed by atoms with Crippen LogP contribution in [-0.4, -0.2) is 37.5 Å². The molecule has 0 amide bonds. The van der Waals surface area contributed by atoms with E-state index in [0.717, 1.165) is 0 Å². The van der Waals surface area contributed by atoms with Crippen LogP contribution in [0.25, 0.3) is 0 Å². The molecule has 4 heteroatoms. The Morgan fingerprint density at radius 3 is 2.08 bits per heavy atom. The van der Waals surface area contributed by atoms with Gasteiger partial charge in [0.25, 0.3) is 0 Å². The predicted molar refractivity (Wildman–Crippen MR) is 40.3 cm³/mol. The molecule has 0 unspecified atom stereocenters. The second-order valence-corrected chi connectivity index (χ2v) is 3.33. The summed E-state index contributed by atoms with van der Waals surface area (Å²) >= 11 is 0. The zero-order chi connectivity index (χ0) is 8.66. The lowest BCUT2D eigenvalue weighted by atomic mass is 9.90. The van der Waals surface area contributed by atoms with Crippen molar-refractivity contribution in [1.82, 2.24) is 0 Å². The third-order valence-corrected chi connectivity index (χ3v) is 2.32. The molecule has 3 fully saturated rings. The molecule has 3 heterocycles. The first kappa shape index (κ1) is 8.19. The summed E-state index contributed by atoms with van der Waals surface area (Å²) in [6, 6.07) is 0. The number of aliphatic hydroxyl groups is 1. The topological polar surface area (TPSA) is 47.9 Å². The lowest BCUT2D eigenvalue weighted by Gasteiger charge is -2.49. The Kier molecular flexibility index (Phi) is 1.73. The summed E-state index contributed by atoms with van der Waals surface area (Å²) in [5, 5.41) is 9.06. The Morgan fingerprint density at radius 2 is 1.75 bits per heavy atom. The molecular weight excluding hydrogens is 160 g/mol. The number of aliphatic hydroxyl groups excluding tert-OH is 1. The number of hydrogen-bond acceptors (Lipinski definition) is 4. The highest BCUT2D eigenvalue weighted by Gasteiger charge is 2.50. The van der Waals surface area contributed by atoms with E-state index in [9.17, 15) is 0 Å². The zero-order valence-electron chi connectivity index (χ0n) is 6.78. The van der Waals surface area contributed by atoms with Gasteiger partial charge >= 0.3 is 5.97 Å². The minimum absolute atomic E-state index is 0.0280. The molecule has 0 aromatic rings. The SMILES string of the molecule is C=CC12OCC(CO)(CO1)CO2. The first-order valence-electron chi connectivity index (χ1n) is 3.91. The Balaban J connectivity index is 2.14. The molecule has 0 spiro atoms. The minimum Gasteiger partial charge on any atom is -0.396 e. The van der Waals surface area contributed by atoms with E-state index in [1.807, 2.05) is 0 Å². The molecule has 3 aliphatic heterocycles. The van der Waals surface area contributed by atoms with Gasteiger partial charge in [0.2, 0.25) is 0 Å². The summed E-state index contributed by atoms with van der Waals surface area (Å²) in [5.41, 5.74) is -0.356.